The standard InChI is InChI=1S/C27H49NS2/c1-3-5-7-9-11-13-15-17-22-29-24-26-20-19-21-27(28-26)25-30-23-18-16-14-12-10-8-6-4-2/h19-21H,3-18,22-25H2,1-2H3. The Labute approximate surface area is 197 Å². The topological polar surface area (TPSA) is 12.9 Å². The molecule has 0 unspecified atom stereocenters. The number of aromatic nitrogens is 1. The Kier molecular flexibility index (Phi) is 20.5. The molecule has 0 fully saturated rings. The number of hydrogen-bond donors (Lipinski definition) is 0. The van der Waals surface area contributed by atoms with Crippen LogP contribution in [0.3, 0.4) is 0 Å². The van der Waals surface area contributed by atoms with Crippen molar-refractivity contribution in [1.29, 1.82) is 0 Å². The molecule has 1 aromatic heterocycles. The molecule has 0 bridgehead atoms. The largest absolute Gasteiger partial charge is 0.256 e. The van der Waals surface area contributed by atoms with Crippen LogP contribution in [0.2, 0.25) is 0 Å². The molecule has 1 nitrogen and oxygen atoms in total. The van der Waals surface area contributed by atoms with E-state index in [9.17, 15) is 0 Å². The lowest BCUT2D eigenvalue weighted by Crippen LogP contribution is -1.94. The average Bonchev–Trinajstić information content (AvgIpc) is 2.76. The molecule has 1 rings (SSSR count). The molecule has 3 heteroatoms. The quantitative estimate of drug-likeness (QED) is 0.163. The van der Waals surface area contributed by atoms with Crippen molar-refractivity contribution < 1.29 is 0 Å². The van der Waals surface area contributed by atoms with E-state index in [2.05, 4.69) is 55.6 Å². The molecule has 1 aromatic rings. The Morgan fingerprint density at radius 3 is 1.30 bits per heavy atom. The fraction of sp³-hybridized carbons (Fsp3) is 0.815. The Morgan fingerprint density at radius 1 is 0.533 bits per heavy atom. The van der Waals surface area contributed by atoms with Crippen molar-refractivity contribution in [2.24, 2.45) is 0 Å². The minimum absolute atomic E-state index is 1.08. The first-order chi connectivity index (χ1) is 14.9. The summed E-state index contributed by atoms with van der Waals surface area (Å²) < 4.78 is 0. The van der Waals surface area contributed by atoms with Gasteiger partial charge in [0.25, 0.3) is 0 Å². The van der Waals surface area contributed by atoms with Gasteiger partial charge in [-0.15, -0.1) is 0 Å². The third kappa shape index (κ3) is 17.5. The summed E-state index contributed by atoms with van der Waals surface area (Å²) in [7, 11) is 0. The second-order valence-electron chi connectivity index (χ2n) is 8.68. The van der Waals surface area contributed by atoms with E-state index in [-0.39, 0.29) is 0 Å². The summed E-state index contributed by atoms with van der Waals surface area (Å²) in [5, 5.41) is 0. The molecule has 0 saturated carbocycles. The van der Waals surface area contributed by atoms with Gasteiger partial charge < -0.3 is 0 Å². The summed E-state index contributed by atoms with van der Waals surface area (Å²) in [5.41, 5.74) is 2.54. The van der Waals surface area contributed by atoms with Crippen LogP contribution in [-0.2, 0) is 11.5 Å². The van der Waals surface area contributed by atoms with E-state index in [1.807, 2.05) is 0 Å². The zero-order valence-corrected chi connectivity index (χ0v) is 21.8. The molecule has 174 valence electrons. The molecular weight excluding hydrogens is 402 g/mol. The van der Waals surface area contributed by atoms with Crippen LogP contribution in [0.15, 0.2) is 18.2 Å². The summed E-state index contributed by atoms with van der Waals surface area (Å²) in [5.74, 6) is 4.72. The molecule has 0 aliphatic rings. The van der Waals surface area contributed by atoms with Crippen LogP contribution in [0.5, 0.6) is 0 Å². The lowest BCUT2D eigenvalue weighted by Gasteiger charge is -2.06. The van der Waals surface area contributed by atoms with Crippen molar-refractivity contribution in [3.8, 4) is 0 Å². The SMILES string of the molecule is CCCCCCCCCCSCc1cccc(CSCCCCCCCCCC)n1. The van der Waals surface area contributed by atoms with Gasteiger partial charge in [0.2, 0.25) is 0 Å². The summed E-state index contributed by atoms with van der Waals surface area (Å²) >= 11 is 4.12. The zero-order valence-electron chi connectivity index (χ0n) is 20.1. The van der Waals surface area contributed by atoms with Crippen molar-refractivity contribution in [1.82, 2.24) is 4.98 Å². The highest BCUT2D eigenvalue weighted by Gasteiger charge is 2.00. The number of pyridine rings is 1. The predicted molar refractivity (Wildman–Crippen MR) is 142 cm³/mol. The van der Waals surface area contributed by atoms with Crippen LogP contribution >= 0.6 is 23.5 Å². The van der Waals surface area contributed by atoms with Gasteiger partial charge in [-0.3, -0.25) is 4.98 Å². The van der Waals surface area contributed by atoms with Gasteiger partial charge in [0.15, 0.2) is 0 Å². The molecule has 0 aromatic carbocycles. The van der Waals surface area contributed by atoms with Crippen molar-refractivity contribution in [2.75, 3.05) is 11.5 Å². The fourth-order valence-corrected chi connectivity index (χ4v) is 5.56. The molecule has 0 atom stereocenters. The summed E-state index contributed by atoms with van der Waals surface area (Å²) in [6.45, 7) is 4.58. The smallest absolute Gasteiger partial charge is 0.0506 e. The molecule has 0 spiro atoms. The highest BCUT2D eigenvalue weighted by Crippen LogP contribution is 2.18. The number of unbranched alkanes of at least 4 members (excludes halogenated alkanes) is 14. The van der Waals surface area contributed by atoms with Gasteiger partial charge >= 0.3 is 0 Å². The van der Waals surface area contributed by atoms with E-state index < -0.39 is 0 Å². The second-order valence-corrected chi connectivity index (χ2v) is 10.9. The molecule has 1 heterocycles. The van der Waals surface area contributed by atoms with Gasteiger partial charge in [0.05, 0.1) is 11.4 Å². The van der Waals surface area contributed by atoms with Crippen LogP contribution in [0, 0.1) is 0 Å². The molecule has 30 heavy (non-hydrogen) atoms. The lowest BCUT2D eigenvalue weighted by molar-refractivity contribution is 0.586. The maximum absolute atomic E-state index is 4.88. The number of hydrogen-bond acceptors (Lipinski definition) is 3. The van der Waals surface area contributed by atoms with Crippen molar-refractivity contribution in [2.45, 2.75) is 128 Å². The number of thioether (sulfide) groups is 2. The van der Waals surface area contributed by atoms with Gasteiger partial charge in [-0.25, -0.2) is 0 Å². The molecule has 0 aliphatic carbocycles. The zero-order chi connectivity index (χ0) is 21.5. The molecule has 0 N–H and O–H groups in total. The predicted octanol–water partition coefficient (Wildman–Crippen LogP) is 9.83. The van der Waals surface area contributed by atoms with Crippen molar-refractivity contribution >= 4 is 23.5 Å². The first-order valence-electron chi connectivity index (χ1n) is 13.0. The third-order valence-electron chi connectivity index (χ3n) is 5.65. The lowest BCUT2D eigenvalue weighted by atomic mass is 10.1. The van der Waals surface area contributed by atoms with Gasteiger partial charge in [-0.05, 0) is 36.5 Å². The van der Waals surface area contributed by atoms with Crippen LogP contribution in [0.1, 0.15) is 128 Å². The van der Waals surface area contributed by atoms with E-state index in [0.29, 0.717) is 0 Å². The number of nitrogens with zero attached hydrogens (tertiary/aromatic N) is 1. The van der Waals surface area contributed by atoms with Gasteiger partial charge in [0, 0.05) is 11.5 Å². The van der Waals surface area contributed by atoms with Crippen LogP contribution in [-0.4, -0.2) is 16.5 Å². The summed E-state index contributed by atoms with van der Waals surface area (Å²) in [6, 6.07) is 6.60. The van der Waals surface area contributed by atoms with E-state index in [1.165, 1.54) is 126 Å². The van der Waals surface area contributed by atoms with E-state index in [1.54, 1.807) is 0 Å². The number of rotatable bonds is 22. The van der Waals surface area contributed by atoms with Crippen LogP contribution in [0.25, 0.3) is 0 Å². The molecule has 0 amide bonds. The van der Waals surface area contributed by atoms with Gasteiger partial charge in [0.1, 0.15) is 0 Å². The van der Waals surface area contributed by atoms with E-state index >= 15 is 0 Å². The maximum Gasteiger partial charge on any atom is 0.0506 e. The van der Waals surface area contributed by atoms with Gasteiger partial charge in [-0.2, -0.15) is 23.5 Å². The molecular formula is C27H49NS2. The van der Waals surface area contributed by atoms with Crippen molar-refractivity contribution in [3.63, 3.8) is 0 Å². The van der Waals surface area contributed by atoms with E-state index in [0.717, 1.165) is 11.5 Å². The Hall–Kier alpha value is -0.150. The highest BCUT2D eigenvalue weighted by molar-refractivity contribution is 7.98. The molecule has 0 radical (unpaired) electrons. The minimum atomic E-state index is 1.08. The summed E-state index contributed by atoms with van der Waals surface area (Å²) in [4.78, 5) is 4.88. The normalized spacial score (nSPS) is 11.3. The fourth-order valence-electron chi connectivity index (χ4n) is 3.72. The monoisotopic (exact) mass is 451 g/mol. The Morgan fingerprint density at radius 2 is 0.900 bits per heavy atom. The third-order valence-corrected chi connectivity index (χ3v) is 7.80. The van der Waals surface area contributed by atoms with Crippen LogP contribution < -0.4 is 0 Å². The Bertz CT molecular complexity index is 438. The second kappa shape index (κ2) is 22.1. The first kappa shape index (κ1) is 27.9. The highest BCUT2D eigenvalue weighted by atomic mass is 32.2. The minimum Gasteiger partial charge on any atom is -0.256 e. The average molecular weight is 452 g/mol. The first-order valence-corrected chi connectivity index (χ1v) is 15.3. The van der Waals surface area contributed by atoms with E-state index in [4.69, 9.17) is 4.98 Å². The maximum atomic E-state index is 4.88. The van der Waals surface area contributed by atoms with Crippen molar-refractivity contribution in [3.05, 3.63) is 29.6 Å². The Balaban J connectivity index is 1.97. The molecule has 0 saturated heterocycles. The van der Waals surface area contributed by atoms with Crippen LogP contribution in [0.4, 0.5) is 0 Å². The summed E-state index contributed by atoms with van der Waals surface area (Å²) in [6.07, 6.45) is 22.5. The van der Waals surface area contributed by atoms with Gasteiger partial charge in [-0.1, -0.05) is 110 Å². The molecule has 0 aliphatic heterocycles.